The SMILES string of the molecule is O=C(CN1CCN(C[C@@H](O)OCc2cccc3ncccc23)CC1)NC(CCCc1ccccc1)CCCc1ccccc1. The third-order valence-corrected chi connectivity index (χ3v) is 8.50. The van der Waals surface area contributed by atoms with Gasteiger partial charge in [-0.1, -0.05) is 78.9 Å². The number of carbonyl (C=O) groups is 1. The number of piperazine rings is 1. The number of β-amino-alcohol motifs (C(OH)–C–C–N with tert-alkyl or cyclic N) is 1. The van der Waals surface area contributed by atoms with Crippen molar-refractivity contribution < 1.29 is 14.6 Å². The van der Waals surface area contributed by atoms with Crippen molar-refractivity contribution in [3.05, 3.63) is 114 Å². The molecule has 5 rings (SSSR count). The third-order valence-electron chi connectivity index (χ3n) is 8.50. The van der Waals surface area contributed by atoms with Crippen LogP contribution in [0.15, 0.2) is 97.2 Å². The Balaban J connectivity index is 1.03. The first kappa shape index (κ1) is 31.8. The average molecular weight is 595 g/mol. The first-order valence-electron chi connectivity index (χ1n) is 16.1. The molecule has 0 bridgehead atoms. The summed E-state index contributed by atoms with van der Waals surface area (Å²) in [5.41, 5.74) is 4.64. The molecule has 1 amide bonds. The van der Waals surface area contributed by atoms with Gasteiger partial charge in [-0.25, -0.2) is 0 Å². The zero-order valence-corrected chi connectivity index (χ0v) is 25.7. The third kappa shape index (κ3) is 10.2. The molecule has 0 unspecified atom stereocenters. The molecular weight excluding hydrogens is 548 g/mol. The summed E-state index contributed by atoms with van der Waals surface area (Å²) in [4.78, 5) is 21.9. The summed E-state index contributed by atoms with van der Waals surface area (Å²) in [5.74, 6) is 0.107. The summed E-state index contributed by atoms with van der Waals surface area (Å²) in [5, 5.41) is 15.0. The van der Waals surface area contributed by atoms with Crippen molar-refractivity contribution in [2.24, 2.45) is 0 Å². The van der Waals surface area contributed by atoms with Gasteiger partial charge in [0.05, 0.1) is 18.7 Å². The standard InChI is InChI=1S/C37H46N4O3/c42-36(39-33(18-7-15-30-11-3-1-4-12-30)19-8-16-31-13-5-2-6-14-31)27-40-23-25-41(26-24-40)28-37(43)44-29-32-17-9-21-35-34(32)20-10-22-38-35/h1-6,9-14,17,20-22,33,37,43H,7-8,15-16,18-19,23-29H2,(H,39,42)/t37-/m0/s1. The van der Waals surface area contributed by atoms with Crippen molar-refractivity contribution in [1.82, 2.24) is 20.1 Å². The zero-order valence-electron chi connectivity index (χ0n) is 25.7. The molecule has 1 aromatic heterocycles. The van der Waals surface area contributed by atoms with E-state index < -0.39 is 6.29 Å². The van der Waals surface area contributed by atoms with Crippen LogP contribution >= 0.6 is 0 Å². The van der Waals surface area contributed by atoms with E-state index in [1.807, 2.05) is 30.3 Å². The molecule has 44 heavy (non-hydrogen) atoms. The number of ether oxygens (including phenoxy) is 1. The number of pyridine rings is 1. The zero-order chi connectivity index (χ0) is 30.4. The summed E-state index contributed by atoms with van der Waals surface area (Å²) >= 11 is 0. The predicted molar refractivity (Wildman–Crippen MR) is 176 cm³/mol. The molecule has 0 spiro atoms. The second-order valence-electron chi connectivity index (χ2n) is 11.8. The van der Waals surface area contributed by atoms with Crippen LogP contribution < -0.4 is 5.32 Å². The fourth-order valence-electron chi connectivity index (χ4n) is 6.04. The second kappa shape index (κ2) is 17.0. The van der Waals surface area contributed by atoms with Gasteiger partial charge in [-0.15, -0.1) is 0 Å². The smallest absolute Gasteiger partial charge is 0.234 e. The lowest BCUT2D eigenvalue weighted by Gasteiger charge is -2.35. The number of hydrogen-bond donors (Lipinski definition) is 2. The van der Waals surface area contributed by atoms with Gasteiger partial charge in [0, 0.05) is 50.3 Å². The lowest BCUT2D eigenvalue weighted by atomic mass is 9.99. The lowest BCUT2D eigenvalue weighted by molar-refractivity contribution is -0.128. The maximum Gasteiger partial charge on any atom is 0.234 e. The molecule has 7 heteroatoms. The van der Waals surface area contributed by atoms with Gasteiger partial charge in [0.25, 0.3) is 0 Å². The van der Waals surface area contributed by atoms with Crippen LogP contribution in [-0.4, -0.2) is 77.4 Å². The number of aliphatic hydroxyl groups is 1. The summed E-state index contributed by atoms with van der Waals surface area (Å²) in [7, 11) is 0. The van der Waals surface area contributed by atoms with Gasteiger partial charge in [-0.05, 0) is 67.3 Å². The number of nitrogens with one attached hydrogen (secondary N) is 1. The molecule has 2 heterocycles. The Morgan fingerprint density at radius 2 is 1.43 bits per heavy atom. The molecule has 2 N–H and O–H groups in total. The number of aryl methyl sites for hydroxylation is 2. The van der Waals surface area contributed by atoms with Crippen molar-refractivity contribution in [3.63, 3.8) is 0 Å². The van der Waals surface area contributed by atoms with Crippen LogP contribution in [0.25, 0.3) is 10.9 Å². The predicted octanol–water partition coefficient (Wildman–Crippen LogP) is 5.22. The van der Waals surface area contributed by atoms with Crippen molar-refractivity contribution >= 4 is 16.8 Å². The monoisotopic (exact) mass is 594 g/mol. The van der Waals surface area contributed by atoms with Gasteiger partial charge in [0.15, 0.2) is 6.29 Å². The number of fused-ring (bicyclic) bond motifs is 1. The molecule has 1 atom stereocenters. The molecule has 0 radical (unpaired) electrons. The van der Waals surface area contributed by atoms with Crippen molar-refractivity contribution in [2.75, 3.05) is 39.3 Å². The number of amides is 1. The number of hydrogen-bond acceptors (Lipinski definition) is 6. The van der Waals surface area contributed by atoms with E-state index in [4.69, 9.17) is 4.74 Å². The summed E-state index contributed by atoms with van der Waals surface area (Å²) < 4.78 is 5.80. The van der Waals surface area contributed by atoms with Crippen LogP contribution in [0.5, 0.6) is 0 Å². The Labute approximate surface area is 261 Å². The number of benzene rings is 3. The quantitative estimate of drug-likeness (QED) is 0.173. The number of aliphatic hydroxyl groups excluding tert-OH is 1. The van der Waals surface area contributed by atoms with Crippen LogP contribution in [-0.2, 0) is 29.0 Å². The van der Waals surface area contributed by atoms with Gasteiger partial charge in [-0.2, -0.15) is 0 Å². The molecule has 1 aliphatic heterocycles. The Morgan fingerprint density at radius 1 is 0.795 bits per heavy atom. The van der Waals surface area contributed by atoms with Gasteiger partial charge in [-0.3, -0.25) is 19.6 Å². The van der Waals surface area contributed by atoms with E-state index in [0.29, 0.717) is 19.7 Å². The van der Waals surface area contributed by atoms with E-state index in [2.05, 4.69) is 80.8 Å². The van der Waals surface area contributed by atoms with Gasteiger partial charge in [0.2, 0.25) is 5.91 Å². The van der Waals surface area contributed by atoms with E-state index in [1.54, 1.807) is 6.20 Å². The molecule has 7 nitrogen and oxygen atoms in total. The lowest BCUT2D eigenvalue weighted by Crippen LogP contribution is -2.51. The molecular formula is C37H46N4O3. The van der Waals surface area contributed by atoms with Crippen LogP contribution in [0.1, 0.15) is 42.4 Å². The van der Waals surface area contributed by atoms with Crippen LogP contribution in [0.3, 0.4) is 0 Å². The number of nitrogens with zero attached hydrogens (tertiary/aromatic N) is 3. The second-order valence-corrected chi connectivity index (χ2v) is 11.8. The summed E-state index contributed by atoms with van der Waals surface area (Å²) in [6.45, 7) is 4.38. The maximum atomic E-state index is 13.1. The van der Waals surface area contributed by atoms with Crippen LogP contribution in [0, 0.1) is 0 Å². The normalized spacial score (nSPS) is 15.0. The highest BCUT2D eigenvalue weighted by atomic mass is 16.6. The van der Waals surface area contributed by atoms with Crippen molar-refractivity contribution in [1.29, 1.82) is 0 Å². The topological polar surface area (TPSA) is 77.9 Å². The van der Waals surface area contributed by atoms with Crippen LogP contribution in [0.4, 0.5) is 0 Å². The fourth-order valence-corrected chi connectivity index (χ4v) is 6.04. The highest BCUT2D eigenvalue weighted by Gasteiger charge is 2.22. The van der Waals surface area contributed by atoms with Gasteiger partial charge < -0.3 is 15.2 Å². The summed E-state index contributed by atoms with van der Waals surface area (Å²) in [6.07, 6.45) is 7.05. The largest absolute Gasteiger partial charge is 0.367 e. The average Bonchev–Trinajstić information content (AvgIpc) is 3.05. The molecule has 1 fully saturated rings. The first-order chi connectivity index (χ1) is 21.6. The van der Waals surface area contributed by atoms with Crippen molar-refractivity contribution in [3.8, 4) is 0 Å². The Morgan fingerprint density at radius 3 is 2.09 bits per heavy atom. The van der Waals surface area contributed by atoms with E-state index in [-0.39, 0.29) is 11.9 Å². The molecule has 1 saturated heterocycles. The fraction of sp³-hybridized carbons (Fsp3) is 0.405. The van der Waals surface area contributed by atoms with E-state index >= 15 is 0 Å². The van der Waals surface area contributed by atoms with Gasteiger partial charge in [0.1, 0.15) is 0 Å². The highest BCUT2D eigenvalue weighted by molar-refractivity contribution is 5.81. The summed E-state index contributed by atoms with van der Waals surface area (Å²) in [6, 6.07) is 31.3. The number of rotatable bonds is 16. The van der Waals surface area contributed by atoms with Crippen molar-refractivity contribution in [2.45, 2.75) is 57.5 Å². The first-order valence-corrected chi connectivity index (χ1v) is 16.1. The van der Waals surface area contributed by atoms with E-state index in [0.717, 1.165) is 81.2 Å². The number of carbonyl (C=O) groups excluding carboxylic acids is 1. The van der Waals surface area contributed by atoms with E-state index in [1.165, 1.54) is 11.1 Å². The minimum absolute atomic E-state index is 0.107. The Bertz CT molecular complexity index is 1360. The maximum absolute atomic E-state index is 13.1. The minimum Gasteiger partial charge on any atom is -0.367 e. The van der Waals surface area contributed by atoms with Gasteiger partial charge >= 0.3 is 0 Å². The Kier molecular flexibility index (Phi) is 12.3. The molecule has 0 aliphatic carbocycles. The van der Waals surface area contributed by atoms with E-state index in [9.17, 15) is 9.90 Å². The Hall–Kier alpha value is -3.62. The molecule has 1 aliphatic rings. The number of aromatic nitrogens is 1. The molecule has 0 saturated carbocycles. The highest BCUT2D eigenvalue weighted by Crippen LogP contribution is 2.18. The molecule has 4 aromatic rings. The molecule has 232 valence electrons. The minimum atomic E-state index is -0.871. The molecule has 3 aromatic carbocycles. The van der Waals surface area contributed by atoms with Crippen LogP contribution in [0.2, 0.25) is 0 Å².